The molecule has 3 aliphatic rings. The predicted molar refractivity (Wildman–Crippen MR) is 195 cm³/mol. The van der Waals surface area contributed by atoms with Gasteiger partial charge in [-0.05, 0) is 85.5 Å². The highest BCUT2D eigenvalue weighted by atomic mass is 16.5. The molecule has 0 bridgehead atoms. The van der Waals surface area contributed by atoms with Crippen molar-refractivity contribution in [3.63, 3.8) is 0 Å². The highest BCUT2D eigenvalue weighted by molar-refractivity contribution is 6.01. The van der Waals surface area contributed by atoms with Crippen molar-refractivity contribution < 1.29 is 19.0 Å². The van der Waals surface area contributed by atoms with Gasteiger partial charge in [0.2, 0.25) is 0 Å². The maximum Gasteiger partial charge on any atom is 0.252 e. The molecular weight excluding hydrogens is 624 g/mol. The van der Waals surface area contributed by atoms with Crippen LogP contribution in [0.2, 0.25) is 0 Å². The van der Waals surface area contributed by atoms with Gasteiger partial charge in [0.15, 0.2) is 0 Å². The Bertz CT molecular complexity index is 2210. The Morgan fingerprint density at radius 2 is 1.80 bits per heavy atom. The van der Waals surface area contributed by atoms with E-state index in [2.05, 4.69) is 45.2 Å². The topological polar surface area (TPSA) is 90.4 Å². The lowest BCUT2D eigenvalue weighted by Gasteiger charge is -2.40. The maximum absolute atomic E-state index is 14.2. The predicted octanol–water partition coefficient (Wildman–Crippen LogP) is 9.02. The van der Waals surface area contributed by atoms with Gasteiger partial charge in [-0.3, -0.25) is 4.79 Å². The van der Waals surface area contributed by atoms with Crippen LogP contribution < -0.4 is 19.5 Å². The summed E-state index contributed by atoms with van der Waals surface area (Å²) in [6, 6.07) is 28.5. The molecule has 9 rings (SSSR count). The Hall–Kier alpha value is -5.24. The van der Waals surface area contributed by atoms with Crippen LogP contribution in [0.4, 0.5) is 0 Å². The largest absolute Gasteiger partial charge is 0.497 e. The monoisotopic (exact) mass is 666 g/mol. The number of carbonyl (C=O) groups is 1. The molecule has 50 heavy (non-hydrogen) atoms. The van der Waals surface area contributed by atoms with Gasteiger partial charge in [0.05, 0.1) is 35.9 Å². The molecule has 8 nitrogen and oxygen atoms in total. The minimum Gasteiger partial charge on any atom is -0.497 e. The van der Waals surface area contributed by atoms with E-state index in [1.165, 1.54) is 48.7 Å². The summed E-state index contributed by atoms with van der Waals surface area (Å²) in [5.74, 6) is 3.62. The second-order valence-corrected chi connectivity index (χ2v) is 14.1. The third kappa shape index (κ3) is 5.38. The number of amides is 1. The van der Waals surface area contributed by atoms with Gasteiger partial charge in [0, 0.05) is 34.2 Å². The van der Waals surface area contributed by atoms with Crippen LogP contribution in [0.25, 0.3) is 33.2 Å². The fourth-order valence-corrected chi connectivity index (χ4v) is 8.32. The first kappa shape index (κ1) is 30.8. The average molecular weight is 667 g/mol. The van der Waals surface area contributed by atoms with Crippen LogP contribution in [-0.4, -0.2) is 34.2 Å². The minimum atomic E-state index is -0.536. The van der Waals surface area contributed by atoms with E-state index in [0.29, 0.717) is 31.2 Å². The number of ether oxygens (including phenoxy) is 3. The van der Waals surface area contributed by atoms with Crippen molar-refractivity contribution in [1.82, 2.24) is 19.9 Å². The normalized spacial score (nSPS) is 16.9. The Kier molecular flexibility index (Phi) is 7.75. The second-order valence-electron chi connectivity index (χ2n) is 14.1. The summed E-state index contributed by atoms with van der Waals surface area (Å²) in [7, 11) is 1.69. The zero-order valence-electron chi connectivity index (χ0n) is 28.5. The van der Waals surface area contributed by atoms with E-state index < -0.39 is 5.54 Å². The van der Waals surface area contributed by atoms with Crippen molar-refractivity contribution in [3.05, 3.63) is 107 Å². The van der Waals surface area contributed by atoms with Crippen LogP contribution in [-0.2, 0) is 18.7 Å². The molecule has 1 amide bonds. The smallest absolute Gasteiger partial charge is 0.252 e. The Morgan fingerprint density at radius 3 is 2.60 bits per heavy atom. The number of aromatic nitrogens is 3. The number of benzene rings is 4. The number of fused-ring (bicyclic) bond motifs is 6. The molecule has 254 valence electrons. The Labute approximate surface area is 291 Å². The molecule has 2 N–H and O–H groups in total. The van der Waals surface area contributed by atoms with E-state index in [4.69, 9.17) is 19.2 Å². The fraction of sp³-hybridized carbons (Fsp3) is 0.333. The number of H-pyrrole nitrogens is 1. The molecule has 0 spiro atoms. The molecule has 0 saturated heterocycles. The van der Waals surface area contributed by atoms with Crippen LogP contribution in [0.5, 0.6) is 17.2 Å². The second kappa shape index (κ2) is 12.6. The fourth-order valence-electron chi connectivity index (χ4n) is 8.32. The van der Waals surface area contributed by atoms with E-state index in [1.54, 1.807) is 7.11 Å². The van der Waals surface area contributed by atoms with Gasteiger partial charge in [-0.15, -0.1) is 0 Å². The number of methoxy groups -OCH3 is 1. The molecule has 1 aliphatic heterocycles. The third-order valence-electron chi connectivity index (χ3n) is 11.1. The molecule has 0 unspecified atom stereocenters. The van der Waals surface area contributed by atoms with E-state index in [9.17, 15) is 4.79 Å². The SMILES string of the molecule is COc1ccc2c(c1)OCCn1c-2c(C2CCCCC2)c2ccc(C(=O)NC3(c4nc5ccc(OCc6ccccc6)cc5[nH]4)CCC3)cc21. The van der Waals surface area contributed by atoms with Crippen molar-refractivity contribution in [2.45, 2.75) is 76.0 Å². The molecule has 2 aliphatic carbocycles. The molecule has 2 saturated carbocycles. The van der Waals surface area contributed by atoms with E-state index >= 15 is 0 Å². The van der Waals surface area contributed by atoms with Gasteiger partial charge >= 0.3 is 0 Å². The van der Waals surface area contributed by atoms with Crippen molar-refractivity contribution >= 4 is 27.8 Å². The summed E-state index contributed by atoms with van der Waals surface area (Å²) in [6.07, 6.45) is 8.85. The molecule has 2 fully saturated rings. The van der Waals surface area contributed by atoms with Crippen molar-refractivity contribution in [2.24, 2.45) is 0 Å². The zero-order valence-corrected chi connectivity index (χ0v) is 28.5. The van der Waals surface area contributed by atoms with E-state index in [-0.39, 0.29) is 5.91 Å². The molecule has 3 heterocycles. The highest BCUT2D eigenvalue weighted by Gasteiger charge is 2.43. The molecule has 6 aromatic rings. The first-order valence-corrected chi connectivity index (χ1v) is 18.1. The van der Waals surface area contributed by atoms with Crippen LogP contribution in [0.1, 0.15) is 84.6 Å². The van der Waals surface area contributed by atoms with Crippen LogP contribution in [0, 0.1) is 0 Å². The zero-order chi connectivity index (χ0) is 33.7. The van der Waals surface area contributed by atoms with Gasteiger partial charge in [-0.2, -0.15) is 0 Å². The number of hydrogen-bond donors (Lipinski definition) is 2. The third-order valence-corrected chi connectivity index (χ3v) is 11.1. The van der Waals surface area contributed by atoms with Crippen molar-refractivity contribution in [2.75, 3.05) is 13.7 Å². The van der Waals surface area contributed by atoms with Gasteiger partial charge in [0.25, 0.3) is 5.91 Å². The summed E-state index contributed by atoms with van der Waals surface area (Å²) >= 11 is 0. The summed E-state index contributed by atoms with van der Waals surface area (Å²) < 4.78 is 20.3. The van der Waals surface area contributed by atoms with Gasteiger partial charge < -0.3 is 29.1 Å². The summed E-state index contributed by atoms with van der Waals surface area (Å²) in [5.41, 5.74) is 7.81. The summed E-state index contributed by atoms with van der Waals surface area (Å²) in [6.45, 7) is 1.76. The Morgan fingerprint density at radius 1 is 0.960 bits per heavy atom. The molecular formula is C42H42N4O4. The Balaban J connectivity index is 1.04. The molecule has 4 aromatic carbocycles. The lowest BCUT2D eigenvalue weighted by Crippen LogP contribution is -2.51. The van der Waals surface area contributed by atoms with E-state index in [1.807, 2.05) is 54.6 Å². The van der Waals surface area contributed by atoms with Gasteiger partial charge in [-0.25, -0.2) is 4.98 Å². The lowest BCUT2D eigenvalue weighted by molar-refractivity contribution is 0.0811. The average Bonchev–Trinajstić information content (AvgIpc) is 3.65. The molecule has 0 radical (unpaired) electrons. The number of aromatic amines is 1. The quantitative estimate of drug-likeness (QED) is 0.169. The number of imidazole rings is 1. The standard InChI is InChI=1S/C42H42N4O4/c1-48-30-14-17-33-37(25-30)49-22-21-46-36-23-29(13-16-32(36)38(39(33)46)28-11-6-3-7-12-28)40(47)45-42(19-8-20-42)41-43-34-18-15-31(24-35(34)44-41)50-26-27-9-4-2-5-10-27/h2,4-5,9-10,13-18,23-25,28H,3,6-8,11-12,19-22,26H2,1H3,(H,43,44)(H,45,47). The first-order chi connectivity index (χ1) is 24.6. The summed E-state index contributed by atoms with van der Waals surface area (Å²) in [4.78, 5) is 22.7. The maximum atomic E-state index is 14.2. The minimum absolute atomic E-state index is 0.0799. The van der Waals surface area contributed by atoms with Crippen molar-refractivity contribution in [3.8, 4) is 28.5 Å². The van der Waals surface area contributed by atoms with Gasteiger partial charge in [0.1, 0.15) is 36.3 Å². The first-order valence-electron chi connectivity index (χ1n) is 18.1. The number of carbonyl (C=O) groups excluding carboxylic acids is 1. The number of rotatable bonds is 8. The van der Waals surface area contributed by atoms with Crippen LogP contribution in [0.15, 0.2) is 84.9 Å². The highest BCUT2D eigenvalue weighted by Crippen LogP contribution is 2.48. The van der Waals surface area contributed by atoms with Crippen LogP contribution >= 0.6 is 0 Å². The number of nitrogens with one attached hydrogen (secondary N) is 2. The van der Waals surface area contributed by atoms with Crippen molar-refractivity contribution in [1.29, 1.82) is 0 Å². The molecule has 2 aromatic heterocycles. The summed E-state index contributed by atoms with van der Waals surface area (Å²) in [5, 5.41) is 4.67. The number of nitrogens with zero attached hydrogens (tertiary/aromatic N) is 2. The molecule has 0 atom stereocenters. The van der Waals surface area contributed by atoms with Gasteiger partial charge in [-0.1, -0.05) is 55.7 Å². The molecule has 8 heteroatoms. The van der Waals surface area contributed by atoms with Crippen LogP contribution in [0.3, 0.4) is 0 Å². The number of hydrogen-bond acceptors (Lipinski definition) is 5. The lowest BCUT2D eigenvalue weighted by atomic mass is 9.76. The van der Waals surface area contributed by atoms with E-state index in [0.717, 1.165) is 70.0 Å².